The van der Waals surface area contributed by atoms with Gasteiger partial charge in [0, 0.05) is 18.5 Å². The lowest BCUT2D eigenvalue weighted by Crippen LogP contribution is -2.43. The smallest absolute Gasteiger partial charge is 0.407 e. The summed E-state index contributed by atoms with van der Waals surface area (Å²) in [7, 11) is -4.23. The summed E-state index contributed by atoms with van der Waals surface area (Å²) in [5.74, 6) is -3.72. The predicted molar refractivity (Wildman–Crippen MR) is 151 cm³/mol. The highest BCUT2D eigenvalue weighted by Gasteiger charge is 2.51. The first kappa shape index (κ1) is 31.1. The van der Waals surface area contributed by atoms with E-state index in [4.69, 9.17) is 9.47 Å². The van der Waals surface area contributed by atoms with Gasteiger partial charge in [-0.15, -0.1) is 0 Å². The zero-order valence-electron chi connectivity index (χ0n) is 24.3. The topological polar surface area (TPSA) is 119 Å². The summed E-state index contributed by atoms with van der Waals surface area (Å²) in [6.45, 7) is 11.9. The number of amides is 2. The van der Waals surface area contributed by atoms with Crippen molar-refractivity contribution in [2.75, 3.05) is 6.54 Å². The third-order valence-electron chi connectivity index (χ3n) is 6.29. The molecule has 3 atom stereocenters. The Morgan fingerprint density at radius 3 is 2.08 bits per heavy atom. The molecule has 1 saturated heterocycles. The van der Waals surface area contributed by atoms with Gasteiger partial charge in [-0.2, -0.15) is 0 Å². The van der Waals surface area contributed by atoms with Gasteiger partial charge in [-0.3, -0.25) is 9.59 Å². The summed E-state index contributed by atoms with van der Waals surface area (Å²) in [4.78, 5) is 39.6. The van der Waals surface area contributed by atoms with E-state index >= 15 is 0 Å². The maximum absolute atomic E-state index is 13.6. The molecular formula is C30H40N2O7S. The van der Waals surface area contributed by atoms with E-state index in [-0.39, 0.29) is 17.9 Å². The van der Waals surface area contributed by atoms with Crippen molar-refractivity contribution in [3.8, 4) is 0 Å². The normalized spacial score (nSPS) is 18.8. The van der Waals surface area contributed by atoms with Crippen LogP contribution in [-0.2, 0) is 35.5 Å². The summed E-state index contributed by atoms with van der Waals surface area (Å²) >= 11 is 0. The summed E-state index contributed by atoms with van der Waals surface area (Å²) in [6.07, 6.45) is -0.115. The number of hydrogen-bond donors (Lipinski definition) is 1. The van der Waals surface area contributed by atoms with Crippen molar-refractivity contribution in [1.82, 2.24) is 9.62 Å². The average Bonchev–Trinajstić information content (AvgIpc) is 3.14. The van der Waals surface area contributed by atoms with Crippen LogP contribution in [0.4, 0.5) is 4.79 Å². The lowest BCUT2D eigenvalue weighted by atomic mass is 9.87. The molecular weight excluding hydrogens is 532 g/mol. The molecule has 218 valence electrons. The highest BCUT2D eigenvalue weighted by molar-refractivity contribution is 7.89. The number of esters is 1. The number of alkyl carbamates (subject to hydrolysis) is 1. The molecule has 2 amide bonds. The van der Waals surface area contributed by atoms with Crippen LogP contribution in [0.15, 0.2) is 59.5 Å². The molecule has 3 rings (SSSR count). The molecule has 1 N–H and O–H groups in total. The van der Waals surface area contributed by atoms with Gasteiger partial charge in [0.15, 0.2) is 0 Å². The van der Waals surface area contributed by atoms with E-state index in [1.165, 1.54) is 12.1 Å². The average molecular weight is 573 g/mol. The number of sulfonamides is 1. The molecule has 0 radical (unpaired) electrons. The van der Waals surface area contributed by atoms with Crippen LogP contribution in [0.1, 0.15) is 59.1 Å². The third kappa shape index (κ3) is 8.30. The first-order valence-corrected chi connectivity index (χ1v) is 14.8. The number of carbonyl (C=O) groups excluding carboxylic acids is 3. The van der Waals surface area contributed by atoms with Crippen molar-refractivity contribution in [2.45, 2.75) is 83.4 Å². The Bertz CT molecular complexity index is 1310. The molecule has 40 heavy (non-hydrogen) atoms. The molecule has 2 aromatic rings. The van der Waals surface area contributed by atoms with Crippen molar-refractivity contribution in [3.05, 3.63) is 65.7 Å². The molecule has 0 saturated carbocycles. The molecule has 10 heteroatoms. The van der Waals surface area contributed by atoms with E-state index in [1.54, 1.807) is 53.7 Å². The maximum atomic E-state index is 13.6. The number of carbonyl (C=O) groups is 3. The lowest BCUT2D eigenvalue weighted by Gasteiger charge is -2.27. The van der Waals surface area contributed by atoms with Gasteiger partial charge < -0.3 is 14.8 Å². The third-order valence-corrected chi connectivity index (χ3v) is 8.06. The number of benzene rings is 2. The highest BCUT2D eigenvalue weighted by Crippen LogP contribution is 2.35. The fourth-order valence-electron chi connectivity index (χ4n) is 4.62. The molecule has 2 aromatic carbocycles. The Morgan fingerprint density at radius 1 is 0.950 bits per heavy atom. The van der Waals surface area contributed by atoms with Crippen LogP contribution in [0.5, 0.6) is 0 Å². The number of ether oxygens (including phenoxy) is 2. The summed E-state index contributed by atoms with van der Waals surface area (Å²) < 4.78 is 38.8. The van der Waals surface area contributed by atoms with E-state index in [0.29, 0.717) is 6.42 Å². The molecule has 9 nitrogen and oxygen atoms in total. The second-order valence-electron chi connectivity index (χ2n) is 12.2. The van der Waals surface area contributed by atoms with Crippen molar-refractivity contribution < 1.29 is 32.3 Å². The number of hydrogen-bond acceptors (Lipinski definition) is 7. The van der Waals surface area contributed by atoms with Crippen molar-refractivity contribution in [2.24, 2.45) is 11.8 Å². The maximum Gasteiger partial charge on any atom is 0.407 e. The molecule has 2 unspecified atom stereocenters. The fourth-order valence-corrected chi connectivity index (χ4v) is 6.09. The monoisotopic (exact) mass is 572 g/mol. The Kier molecular flexibility index (Phi) is 9.34. The van der Waals surface area contributed by atoms with Gasteiger partial charge in [-0.05, 0) is 79.0 Å². The number of nitrogens with zero attached hydrogens (tertiary/aromatic N) is 1. The Balaban J connectivity index is 1.96. The second-order valence-corrected chi connectivity index (χ2v) is 14.1. The zero-order valence-corrected chi connectivity index (χ0v) is 25.1. The van der Waals surface area contributed by atoms with E-state index < -0.39 is 57.1 Å². The zero-order chi connectivity index (χ0) is 29.9. The minimum absolute atomic E-state index is 0.0391. The van der Waals surface area contributed by atoms with Crippen LogP contribution in [0.3, 0.4) is 0 Å². The fraction of sp³-hybridized carbons (Fsp3) is 0.500. The summed E-state index contributed by atoms with van der Waals surface area (Å²) in [5.41, 5.74) is 0.172. The molecule has 1 aliphatic heterocycles. The SMILES string of the molecule is Cc1ccc(S(=O)(=O)N2CC(C[C@@H](Cc3ccccc3)NC(=O)OC(C)(C)C)C(C(=O)OC(C)(C)C)C2=O)cc1. The van der Waals surface area contributed by atoms with Gasteiger partial charge in [0.05, 0.1) is 4.90 Å². The summed E-state index contributed by atoms with van der Waals surface area (Å²) in [6, 6.07) is 15.1. The van der Waals surface area contributed by atoms with Gasteiger partial charge in [0.2, 0.25) is 0 Å². The Hall–Kier alpha value is -3.40. The van der Waals surface area contributed by atoms with Crippen LogP contribution >= 0.6 is 0 Å². The molecule has 1 fully saturated rings. The Morgan fingerprint density at radius 2 is 1.52 bits per heavy atom. The van der Waals surface area contributed by atoms with Gasteiger partial charge in [-0.1, -0.05) is 48.0 Å². The second kappa shape index (κ2) is 12.0. The van der Waals surface area contributed by atoms with Gasteiger partial charge in [-0.25, -0.2) is 17.5 Å². The van der Waals surface area contributed by atoms with Gasteiger partial charge >= 0.3 is 12.1 Å². The highest BCUT2D eigenvalue weighted by atomic mass is 32.2. The van der Waals surface area contributed by atoms with E-state index in [0.717, 1.165) is 15.4 Å². The molecule has 1 aliphatic rings. The van der Waals surface area contributed by atoms with Crippen LogP contribution in [-0.4, -0.2) is 54.5 Å². The quantitative estimate of drug-likeness (QED) is 0.362. The molecule has 0 aliphatic carbocycles. The molecule has 1 heterocycles. The van der Waals surface area contributed by atoms with Crippen LogP contribution in [0.2, 0.25) is 0 Å². The number of aryl methyl sites for hydroxylation is 1. The first-order chi connectivity index (χ1) is 18.5. The number of nitrogens with one attached hydrogen (secondary N) is 1. The van der Waals surface area contributed by atoms with E-state index in [1.807, 2.05) is 37.3 Å². The first-order valence-electron chi connectivity index (χ1n) is 13.4. The summed E-state index contributed by atoms with van der Waals surface area (Å²) in [5, 5.41) is 2.87. The minimum Gasteiger partial charge on any atom is -0.459 e. The van der Waals surface area contributed by atoms with Crippen molar-refractivity contribution >= 4 is 28.0 Å². The molecule has 0 spiro atoms. The molecule has 0 aromatic heterocycles. The van der Waals surface area contributed by atoms with E-state index in [2.05, 4.69) is 5.32 Å². The molecule has 0 bridgehead atoms. The standard InChI is InChI=1S/C30H40N2O7S/c1-20-13-15-24(16-14-20)40(36,37)32-19-22(25(26(32)33)27(34)38-29(2,3)4)18-23(17-21-11-9-8-10-12-21)31-28(35)39-30(5,6)7/h8-16,22-23,25H,17-19H2,1-7H3,(H,31,35)/t22?,23-,25?/m1/s1. The minimum atomic E-state index is -4.23. The number of rotatable bonds is 8. The predicted octanol–water partition coefficient (Wildman–Crippen LogP) is 4.63. The van der Waals surface area contributed by atoms with Crippen molar-refractivity contribution in [1.29, 1.82) is 0 Å². The lowest BCUT2D eigenvalue weighted by molar-refractivity contribution is -0.163. The van der Waals surface area contributed by atoms with Crippen molar-refractivity contribution in [3.63, 3.8) is 0 Å². The van der Waals surface area contributed by atoms with E-state index in [9.17, 15) is 22.8 Å². The van der Waals surface area contributed by atoms with Gasteiger partial charge in [0.1, 0.15) is 17.1 Å². The van der Waals surface area contributed by atoms with Gasteiger partial charge in [0.25, 0.3) is 15.9 Å². The van der Waals surface area contributed by atoms with Crippen LogP contribution in [0.25, 0.3) is 0 Å². The largest absolute Gasteiger partial charge is 0.459 e. The Labute approximate surface area is 237 Å². The van der Waals surface area contributed by atoms with Crippen LogP contribution < -0.4 is 5.32 Å². The van der Waals surface area contributed by atoms with Crippen LogP contribution in [0, 0.1) is 18.8 Å².